The highest BCUT2D eigenvalue weighted by Gasteiger charge is 2.18. The summed E-state index contributed by atoms with van der Waals surface area (Å²) in [6, 6.07) is 8.05. The van der Waals surface area contributed by atoms with Crippen LogP contribution in [0.1, 0.15) is 0 Å². The Balaban J connectivity index is 1.84. The van der Waals surface area contributed by atoms with Crippen LogP contribution in [0.15, 0.2) is 24.3 Å². The van der Waals surface area contributed by atoms with Crippen molar-refractivity contribution in [3.63, 3.8) is 0 Å². The highest BCUT2D eigenvalue weighted by atomic mass is 32.2. The summed E-state index contributed by atoms with van der Waals surface area (Å²) < 4.78 is 27.5. The Bertz CT molecular complexity index is 520. The molecule has 2 rings (SSSR count). The number of sulfone groups is 1. The Morgan fingerprint density at radius 1 is 1.10 bits per heavy atom. The first kappa shape index (κ1) is 15.1. The molecule has 0 amide bonds. The molecule has 0 saturated carbocycles. The molecule has 1 fully saturated rings. The first-order chi connectivity index (χ1) is 9.48. The summed E-state index contributed by atoms with van der Waals surface area (Å²) in [5.74, 6) is 1.11. The predicted molar refractivity (Wildman–Crippen MR) is 81.4 cm³/mol. The van der Waals surface area contributed by atoms with Crippen molar-refractivity contribution in [1.29, 1.82) is 0 Å². The second kappa shape index (κ2) is 6.45. The highest BCUT2D eigenvalue weighted by molar-refractivity contribution is 7.90. The molecule has 0 unspecified atom stereocenters. The van der Waals surface area contributed by atoms with Gasteiger partial charge in [0.1, 0.15) is 15.6 Å². The van der Waals surface area contributed by atoms with E-state index in [9.17, 15) is 8.42 Å². The number of piperazine rings is 1. The molecule has 1 aliphatic rings. The number of ether oxygens (including phenoxy) is 1. The molecule has 0 aliphatic carbocycles. The van der Waals surface area contributed by atoms with Crippen LogP contribution in [0.4, 0.5) is 5.69 Å². The van der Waals surface area contributed by atoms with E-state index < -0.39 is 9.84 Å². The summed E-state index contributed by atoms with van der Waals surface area (Å²) in [5.41, 5.74) is 1.19. The van der Waals surface area contributed by atoms with Crippen LogP contribution in [0.3, 0.4) is 0 Å². The van der Waals surface area contributed by atoms with E-state index in [0.29, 0.717) is 6.54 Å². The van der Waals surface area contributed by atoms with Gasteiger partial charge in [-0.1, -0.05) is 0 Å². The van der Waals surface area contributed by atoms with E-state index >= 15 is 0 Å². The number of nitrogens with zero attached hydrogens (tertiary/aromatic N) is 2. The van der Waals surface area contributed by atoms with E-state index in [0.717, 1.165) is 31.9 Å². The van der Waals surface area contributed by atoms with E-state index in [1.54, 1.807) is 7.11 Å². The van der Waals surface area contributed by atoms with Crippen LogP contribution in [0.5, 0.6) is 5.75 Å². The molecule has 5 nitrogen and oxygen atoms in total. The Morgan fingerprint density at radius 2 is 1.70 bits per heavy atom. The summed E-state index contributed by atoms with van der Waals surface area (Å²) in [7, 11) is -1.20. The molecule has 0 N–H and O–H groups in total. The molecule has 1 aliphatic heterocycles. The molecule has 20 heavy (non-hydrogen) atoms. The lowest BCUT2D eigenvalue weighted by molar-refractivity contribution is 0.272. The van der Waals surface area contributed by atoms with Crippen molar-refractivity contribution in [2.24, 2.45) is 0 Å². The molecule has 6 heteroatoms. The van der Waals surface area contributed by atoms with Crippen LogP contribution in [0, 0.1) is 0 Å². The standard InChI is InChI=1S/C14H22N2O3S/c1-19-14-5-3-13(4-6-14)16-9-7-15(8-10-16)11-12-20(2,17)18/h3-6H,7-12H2,1-2H3. The van der Waals surface area contributed by atoms with Gasteiger partial charge in [0.05, 0.1) is 12.9 Å². The van der Waals surface area contributed by atoms with Gasteiger partial charge in [-0.2, -0.15) is 0 Å². The van der Waals surface area contributed by atoms with Gasteiger partial charge in [-0.25, -0.2) is 8.42 Å². The molecule has 1 heterocycles. The quantitative estimate of drug-likeness (QED) is 0.807. The van der Waals surface area contributed by atoms with Crippen LogP contribution in [-0.2, 0) is 9.84 Å². The van der Waals surface area contributed by atoms with E-state index in [1.807, 2.05) is 12.1 Å². The lowest BCUT2D eigenvalue weighted by Crippen LogP contribution is -2.47. The van der Waals surface area contributed by atoms with Crippen LogP contribution >= 0.6 is 0 Å². The van der Waals surface area contributed by atoms with Gasteiger partial charge < -0.3 is 9.64 Å². The Labute approximate surface area is 121 Å². The molecule has 0 spiro atoms. The Morgan fingerprint density at radius 3 is 2.20 bits per heavy atom. The van der Waals surface area contributed by atoms with Crippen molar-refractivity contribution in [2.75, 3.05) is 56.7 Å². The fourth-order valence-electron chi connectivity index (χ4n) is 2.32. The van der Waals surface area contributed by atoms with Gasteiger partial charge in [-0.05, 0) is 24.3 Å². The molecule has 0 aromatic heterocycles. The van der Waals surface area contributed by atoms with Crippen molar-refractivity contribution in [1.82, 2.24) is 4.90 Å². The summed E-state index contributed by atoms with van der Waals surface area (Å²) in [6.45, 7) is 4.30. The van der Waals surface area contributed by atoms with Gasteiger partial charge in [0.15, 0.2) is 0 Å². The summed E-state index contributed by atoms with van der Waals surface area (Å²) >= 11 is 0. The summed E-state index contributed by atoms with van der Waals surface area (Å²) in [5, 5.41) is 0. The monoisotopic (exact) mass is 298 g/mol. The maximum atomic E-state index is 11.2. The maximum absolute atomic E-state index is 11.2. The van der Waals surface area contributed by atoms with E-state index in [-0.39, 0.29) is 5.75 Å². The van der Waals surface area contributed by atoms with Gasteiger partial charge in [0, 0.05) is 44.7 Å². The van der Waals surface area contributed by atoms with Gasteiger partial charge in [-0.15, -0.1) is 0 Å². The van der Waals surface area contributed by atoms with Gasteiger partial charge in [0.2, 0.25) is 0 Å². The summed E-state index contributed by atoms with van der Waals surface area (Å²) in [4.78, 5) is 4.53. The lowest BCUT2D eigenvalue weighted by atomic mass is 10.2. The molecule has 0 bridgehead atoms. The molecule has 0 atom stereocenters. The van der Waals surface area contributed by atoms with Crippen molar-refractivity contribution in [2.45, 2.75) is 0 Å². The number of benzene rings is 1. The van der Waals surface area contributed by atoms with Crippen molar-refractivity contribution < 1.29 is 13.2 Å². The fraction of sp³-hybridized carbons (Fsp3) is 0.571. The topological polar surface area (TPSA) is 49.9 Å². The second-order valence-electron chi connectivity index (χ2n) is 5.16. The van der Waals surface area contributed by atoms with E-state index in [4.69, 9.17) is 4.74 Å². The third-order valence-corrected chi connectivity index (χ3v) is 4.51. The number of rotatable bonds is 5. The Kier molecular flexibility index (Phi) is 4.88. The molecule has 0 radical (unpaired) electrons. The van der Waals surface area contributed by atoms with Crippen LogP contribution in [0.25, 0.3) is 0 Å². The number of hydrogen-bond acceptors (Lipinski definition) is 5. The average Bonchev–Trinajstić information content (AvgIpc) is 2.45. The molecular formula is C14H22N2O3S. The molecule has 1 saturated heterocycles. The van der Waals surface area contributed by atoms with Crippen molar-refractivity contribution >= 4 is 15.5 Å². The SMILES string of the molecule is COc1ccc(N2CCN(CCS(C)(=O)=O)CC2)cc1. The minimum atomic E-state index is -2.87. The van der Waals surface area contributed by atoms with Gasteiger partial charge in [-0.3, -0.25) is 4.90 Å². The van der Waals surface area contributed by atoms with E-state index in [2.05, 4.69) is 21.9 Å². The smallest absolute Gasteiger partial charge is 0.148 e. The zero-order valence-electron chi connectivity index (χ0n) is 12.1. The normalized spacial score (nSPS) is 17.2. The van der Waals surface area contributed by atoms with Crippen LogP contribution in [0.2, 0.25) is 0 Å². The fourth-order valence-corrected chi connectivity index (χ4v) is 2.91. The minimum absolute atomic E-state index is 0.246. The largest absolute Gasteiger partial charge is 0.497 e. The molecular weight excluding hydrogens is 276 g/mol. The van der Waals surface area contributed by atoms with Crippen LogP contribution < -0.4 is 9.64 Å². The predicted octanol–water partition coefficient (Wildman–Crippen LogP) is 0.862. The maximum Gasteiger partial charge on any atom is 0.148 e. The van der Waals surface area contributed by atoms with Crippen molar-refractivity contribution in [3.05, 3.63) is 24.3 Å². The first-order valence-corrected chi connectivity index (χ1v) is 8.83. The second-order valence-corrected chi connectivity index (χ2v) is 7.42. The lowest BCUT2D eigenvalue weighted by Gasteiger charge is -2.36. The average molecular weight is 298 g/mol. The highest BCUT2D eigenvalue weighted by Crippen LogP contribution is 2.20. The Hall–Kier alpha value is -1.27. The third kappa shape index (κ3) is 4.38. The van der Waals surface area contributed by atoms with Crippen molar-refractivity contribution in [3.8, 4) is 5.75 Å². The van der Waals surface area contributed by atoms with E-state index in [1.165, 1.54) is 11.9 Å². The number of anilines is 1. The molecule has 1 aromatic carbocycles. The summed E-state index contributed by atoms with van der Waals surface area (Å²) in [6.07, 6.45) is 1.29. The molecule has 1 aromatic rings. The third-order valence-electron chi connectivity index (χ3n) is 3.59. The zero-order valence-corrected chi connectivity index (χ0v) is 12.9. The minimum Gasteiger partial charge on any atom is -0.497 e. The number of methoxy groups -OCH3 is 1. The zero-order chi connectivity index (χ0) is 14.6. The molecule has 112 valence electrons. The van der Waals surface area contributed by atoms with Gasteiger partial charge in [0.25, 0.3) is 0 Å². The van der Waals surface area contributed by atoms with Gasteiger partial charge >= 0.3 is 0 Å². The van der Waals surface area contributed by atoms with Crippen LogP contribution in [-0.4, -0.2) is 65.2 Å². The first-order valence-electron chi connectivity index (χ1n) is 6.77. The number of hydrogen-bond donors (Lipinski definition) is 0.